The summed E-state index contributed by atoms with van der Waals surface area (Å²) < 4.78 is 49.2. The van der Waals surface area contributed by atoms with E-state index in [-0.39, 0.29) is 0 Å². The van der Waals surface area contributed by atoms with Gasteiger partial charge in [-0.05, 0) is 37.0 Å². The van der Waals surface area contributed by atoms with Gasteiger partial charge in [-0.15, -0.1) is 0 Å². The molecule has 0 saturated heterocycles. The van der Waals surface area contributed by atoms with Crippen LogP contribution < -0.4 is 0 Å². The highest BCUT2D eigenvalue weighted by Crippen LogP contribution is 2.28. The maximum Gasteiger partial charge on any atom is 0.389 e. The summed E-state index contributed by atoms with van der Waals surface area (Å²) in [5.74, 6) is -0.392. The highest BCUT2D eigenvalue weighted by molar-refractivity contribution is 5.31. The molecule has 0 amide bonds. The van der Waals surface area contributed by atoms with Crippen molar-refractivity contribution in [3.05, 3.63) is 34.6 Å². The molecule has 0 radical (unpaired) electrons. The molecule has 1 unspecified atom stereocenters. The summed E-state index contributed by atoms with van der Waals surface area (Å²) in [6.45, 7) is 3.03. The minimum absolute atomic E-state index is 0.325. The molecule has 0 fully saturated rings. The Hall–Kier alpha value is -1.10. The first-order chi connectivity index (χ1) is 7.70. The number of aryl methyl sites for hydroxylation is 2. The SMILES string of the molecule is Cc1cc(C(O)CCC(F)(F)F)cc(C)c1F. The molecular weight excluding hydrogens is 236 g/mol. The molecule has 1 aromatic carbocycles. The molecule has 0 aliphatic heterocycles. The van der Waals surface area contributed by atoms with Crippen molar-refractivity contribution in [1.29, 1.82) is 0 Å². The smallest absolute Gasteiger partial charge is 0.388 e. The zero-order valence-electron chi connectivity index (χ0n) is 9.61. The highest BCUT2D eigenvalue weighted by Gasteiger charge is 2.28. The molecule has 1 atom stereocenters. The van der Waals surface area contributed by atoms with Crippen LogP contribution in [0.2, 0.25) is 0 Å². The molecule has 0 heterocycles. The van der Waals surface area contributed by atoms with Gasteiger partial charge in [0.1, 0.15) is 5.82 Å². The van der Waals surface area contributed by atoms with Gasteiger partial charge in [-0.25, -0.2) is 4.39 Å². The summed E-state index contributed by atoms with van der Waals surface area (Å²) in [4.78, 5) is 0. The molecule has 0 aromatic heterocycles. The van der Waals surface area contributed by atoms with E-state index in [1.54, 1.807) is 0 Å². The zero-order chi connectivity index (χ0) is 13.2. The van der Waals surface area contributed by atoms with E-state index in [4.69, 9.17) is 0 Å². The Kier molecular flexibility index (Phi) is 4.14. The van der Waals surface area contributed by atoms with Gasteiger partial charge in [-0.3, -0.25) is 0 Å². The van der Waals surface area contributed by atoms with Crippen molar-refractivity contribution in [3.8, 4) is 0 Å². The number of rotatable bonds is 3. The van der Waals surface area contributed by atoms with E-state index in [0.717, 1.165) is 0 Å². The first-order valence-electron chi connectivity index (χ1n) is 5.22. The van der Waals surface area contributed by atoms with Crippen LogP contribution in [-0.4, -0.2) is 11.3 Å². The van der Waals surface area contributed by atoms with Crippen molar-refractivity contribution in [1.82, 2.24) is 0 Å². The van der Waals surface area contributed by atoms with Gasteiger partial charge in [0.15, 0.2) is 0 Å². The zero-order valence-corrected chi connectivity index (χ0v) is 9.61. The van der Waals surface area contributed by atoms with Gasteiger partial charge in [0, 0.05) is 6.42 Å². The van der Waals surface area contributed by atoms with E-state index in [1.165, 1.54) is 26.0 Å². The Morgan fingerprint density at radius 2 is 1.65 bits per heavy atom. The average Bonchev–Trinajstić information content (AvgIpc) is 2.20. The summed E-state index contributed by atoms with van der Waals surface area (Å²) in [6.07, 6.45) is -6.96. The fraction of sp³-hybridized carbons (Fsp3) is 0.500. The minimum Gasteiger partial charge on any atom is -0.388 e. The second kappa shape index (κ2) is 5.04. The quantitative estimate of drug-likeness (QED) is 0.808. The van der Waals surface area contributed by atoms with Crippen LogP contribution in [0.25, 0.3) is 0 Å². The van der Waals surface area contributed by atoms with Gasteiger partial charge in [0.05, 0.1) is 6.10 Å². The molecule has 0 aliphatic carbocycles. The lowest BCUT2D eigenvalue weighted by atomic mass is 9.99. The van der Waals surface area contributed by atoms with Crippen LogP contribution in [-0.2, 0) is 0 Å². The number of halogens is 4. The predicted molar refractivity (Wildman–Crippen MR) is 56.1 cm³/mol. The number of alkyl halides is 3. The second-order valence-electron chi connectivity index (χ2n) is 4.14. The van der Waals surface area contributed by atoms with Crippen molar-refractivity contribution in [2.75, 3.05) is 0 Å². The minimum atomic E-state index is -4.29. The van der Waals surface area contributed by atoms with E-state index < -0.39 is 30.9 Å². The Balaban J connectivity index is 2.79. The van der Waals surface area contributed by atoms with Crippen LogP contribution in [0, 0.1) is 19.7 Å². The van der Waals surface area contributed by atoms with Crippen LogP contribution >= 0.6 is 0 Å². The highest BCUT2D eigenvalue weighted by atomic mass is 19.4. The summed E-state index contributed by atoms with van der Waals surface area (Å²) in [6, 6.07) is 2.76. The first-order valence-corrected chi connectivity index (χ1v) is 5.22. The Bertz CT molecular complexity index is 375. The van der Waals surface area contributed by atoms with E-state index in [0.29, 0.717) is 16.7 Å². The molecule has 1 aromatic rings. The van der Waals surface area contributed by atoms with Crippen LogP contribution in [0.4, 0.5) is 17.6 Å². The number of hydrogen-bond acceptors (Lipinski definition) is 1. The molecule has 5 heteroatoms. The lowest BCUT2D eigenvalue weighted by Gasteiger charge is -2.14. The largest absolute Gasteiger partial charge is 0.389 e. The summed E-state index contributed by atoms with van der Waals surface area (Å²) in [5.41, 5.74) is 0.975. The van der Waals surface area contributed by atoms with Crippen LogP contribution in [0.3, 0.4) is 0 Å². The van der Waals surface area contributed by atoms with Gasteiger partial charge >= 0.3 is 6.18 Å². The second-order valence-corrected chi connectivity index (χ2v) is 4.14. The monoisotopic (exact) mass is 250 g/mol. The lowest BCUT2D eigenvalue weighted by Crippen LogP contribution is -2.10. The van der Waals surface area contributed by atoms with Crippen molar-refractivity contribution in [2.45, 2.75) is 39.0 Å². The Morgan fingerprint density at radius 1 is 1.18 bits per heavy atom. The van der Waals surface area contributed by atoms with E-state index in [9.17, 15) is 22.7 Å². The number of aliphatic hydroxyl groups excluding tert-OH is 1. The average molecular weight is 250 g/mol. The van der Waals surface area contributed by atoms with Crippen LogP contribution in [0.15, 0.2) is 12.1 Å². The molecule has 17 heavy (non-hydrogen) atoms. The molecule has 0 bridgehead atoms. The lowest BCUT2D eigenvalue weighted by molar-refractivity contribution is -0.140. The molecule has 1 rings (SSSR count). The standard InChI is InChI=1S/C12H14F4O/c1-7-5-9(6-8(2)11(7)13)10(17)3-4-12(14,15)16/h5-6,10,17H,3-4H2,1-2H3. The van der Waals surface area contributed by atoms with Crippen LogP contribution in [0.1, 0.15) is 35.6 Å². The molecule has 1 nitrogen and oxygen atoms in total. The third-order valence-electron chi connectivity index (χ3n) is 2.54. The number of benzene rings is 1. The molecular formula is C12H14F4O. The Labute approximate surface area is 97.1 Å². The summed E-state index contributed by atoms with van der Waals surface area (Å²) in [5, 5.41) is 9.60. The van der Waals surface area contributed by atoms with Gasteiger partial charge < -0.3 is 5.11 Å². The van der Waals surface area contributed by atoms with E-state index in [1.807, 2.05) is 0 Å². The van der Waals surface area contributed by atoms with Crippen molar-refractivity contribution in [3.63, 3.8) is 0 Å². The predicted octanol–water partition coefficient (Wildman–Crippen LogP) is 3.82. The van der Waals surface area contributed by atoms with Gasteiger partial charge in [0.25, 0.3) is 0 Å². The topological polar surface area (TPSA) is 20.2 Å². The fourth-order valence-corrected chi connectivity index (χ4v) is 1.64. The normalized spacial score (nSPS) is 13.8. The van der Waals surface area contributed by atoms with E-state index in [2.05, 4.69) is 0 Å². The van der Waals surface area contributed by atoms with Gasteiger partial charge in [-0.1, -0.05) is 12.1 Å². The third-order valence-corrected chi connectivity index (χ3v) is 2.54. The fourth-order valence-electron chi connectivity index (χ4n) is 1.64. The number of aliphatic hydroxyl groups is 1. The van der Waals surface area contributed by atoms with Gasteiger partial charge in [-0.2, -0.15) is 13.2 Å². The first kappa shape index (κ1) is 14.0. The van der Waals surface area contributed by atoms with Crippen molar-refractivity contribution >= 4 is 0 Å². The molecule has 1 N–H and O–H groups in total. The van der Waals surface area contributed by atoms with E-state index >= 15 is 0 Å². The van der Waals surface area contributed by atoms with Crippen molar-refractivity contribution < 1.29 is 22.7 Å². The molecule has 0 aliphatic rings. The number of hydrogen-bond donors (Lipinski definition) is 1. The molecule has 96 valence electrons. The Morgan fingerprint density at radius 3 is 2.06 bits per heavy atom. The van der Waals surface area contributed by atoms with Crippen molar-refractivity contribution in [2.24, 2.45) is 0 Å². The summed E-state index contributed by atoms with van der Waals surface area (Å²) >= 11 is 0. The maximum atomic E-state index is 13.3. The molecule has 0 saturated carbocycles. The van der Waals surface area contributed by atoms with Crippen LogP contribution in [0.5, 0.6) is 0 Å². The maximum absolute atomic E-state index is 13.3. The summed E-state index contributed by atoms with van der Waals surface area (Å²) in [7, 11) is 0. The molecule has 0 spiro atoms. The third kappa shape index (κ3) is 4.00. The van der Waals surface area contributed by atoms with Gasteiger partial charge in [0.2, 0.25) is 0 Å².